The normalized spacial score (nSPS) is 10.7. The van der Waals surface area contributed by atoms with Crippen LogP contribution < -0.4 is 10.0 Å². The van der Waals surface area contributed by atoms with Crippen LogP contribution in [0.2, 0.25) is 0 Å². The third kappa shape index (κ3) is 5.71. The van der Waals surface area contributed by atoms with Crippen LogP contribution in [-0.2, 0) is 10.0 Å². The fraction of sp³-hybridized carbons (Fsp3) is 0.417. The molecule has 1 rings (SSSR count). The number of thiophene rings is 1. The predicted molar refractivity (Wildman–Crippen MR) is 78.1 cm³/mol. The van der Waals surface area contributed by atoms with Gasteiger partial charge in [-0.05, 0) is 12.1 Å². The zero-order valence-corrected chi connectivity index (χ0v) is 12.6. The van der Waals surface area contributed by atoms with Crippen molar-refractivity contribution in [3.8, 4) is 11.8 Å². The van der Waals surface area contributed by atoms with Crippen LogP contribution in [0.3, 0.4) is 0 Å². The van der Waals surface area contributed by atoms with Crippen LogP contribution in [0.25, 0.3) is 0 Å². The molecule has 0 atom stereocenters. The molecule has 110 valence electrons. The van der Waals surface area contributed by atoms with Gasteiger partial charge in [-0.1, -0.05) is 18.8 Å². The number of carbonyl (C=O) groups is 1. The van der Waals surface area contributed by atoms with Gasteiger partial charge in [-0.2, -0.15) is 0 Å². The lowest BCUT2D eigenvalue weighted by Crippen LogP contribution is -2.34. The fourth-order valence-electron chi connectivity index (χ4n) is 1.33. The monoisotopic (exact) mass is 316 g/mol. The van der Waals surface area contributed by atoms with E-state index in [2.05, 4.69) is 21.9 Å². The fourth-order valence-corrected chi connectivity index (χ4v) is 3.08. The number of aliphatic hydroxyl groups is 1. The summed E-state index contributed by atoms with van der Waals surface area (Å²) in [7, 11) is -3.33. The van der Waals surface area contributed by atoms with Gasteiger partial charge in [0, 0.05) is 13.1 Å². The summed E-state index contributed by atoms with van der Waals surface area (Å²) in [6.07, 6.45) is 0. The summed E-state index contributed by atoms with van der Waals surface area (Å²) in [6, 6.07) is 3.29. The van der Waals surface area contributed by atoms with Gasteiger partial charge in [0.2, 0.25) is 10.0 Å². The molecule has 0 aromatic carbocycles. The molecule has 0 aliphatic rings. The zero-order chi connectivity index (χ0) is 15.0. The molecule has 0 aliphatic carbocycles. The van der Waals surface area contributed by atoms with Gasteiger partial charge in [0.05, 0.1) is 15.5 Å². The molecule has 0 bridgehead atoms. The van der Waals surface area contributed by atoms with Crippen LogP contribution >= 0.6 is 11.3 Å². The third-order valence-electron chi connectivity index (χ3n) is 2.14. The molecule has 0 fully saturated rings. The van der Waals surface area contributed by atoms with Crippen LogP contribution in [0.1, 0.15) is 21.5 Å². The average Bonchev–Trinajstić information content (AvgIpc) is 2.84. The Bertz CT molecular complexity index is 611. The van der Waals surface area contributed by atoms with Crippen LogP contribution in [-0.4, -0.2) is 44.9 Å². The van der Waals surface area contributed by atoms with E-state index in [9.17, 15) is 13.2 Å². The number of hydrogen-bond acceptors (Lipinski definition) is 5. The molecule has 1 heterocycles. The van der Waals surface area contributed by atoms with Crippen molar-refractivity contribution < 1.29 is 18.3 Å². The number of amides is 1. The second-order valence-corrected chi connectivity index (χ2v) is 6.71. The molecule has 20 heavy (non-hydrogen) atoms. The van der Waals surface area contributed by atoms with Gasteiger partial charge in [-0.3, -0.25) is 4.79 Å². The smallest absolute Gasteiger partial charge is 0.261 e. The van der Waals surface area contributed by atoms with Crippen molar-refractivity contribution in [1.29, 1.82) is 0 Å². The van der Waals surface area contributed by atoms with Crippen LogP contribution in [0.4, 0.5) is 0 Å². The zero-order valence-electron chi connectivity index (χ0n) is 11.0. The van der Waals surface area contributed by atoms with E-state index in [0.717, 1.165) is 0 Å². The Morgan fingerprint density at radius 1 is 1.45 bits per heavy atom. The predicted octanol–water partition coefficient (Wildman–Crippen LogP) is -0.239. The Morgan fingerprint density at radius 2 is 2.20 bits per heavy atom. The summed E-state index contributed by atoms with van der Waals surface area (Å²) in [5, 5.41) is 11.1. The Morgan fingerprint density at radius 3 is 2.85 bits per heavy atom. The van der Waals surface area contributed by atoms with Crippen molar-refractivity contribution in [2.24, 2.45) is 0 Å². The van der Waals surface area contributed by atoms with E-state index in [1.165, 1.54) is 11.3 Å². The minimum atomic E-state index is -3.33. The first-order valence-electron chi connectivity index (χ1n) is 5.93. The number of nitrogens with one attached hydrogen (secondary N) is 2. The van der Waals surface area contributed by atoms with Crippen molar-refractivity contribution in [1.82, 2.24) is 10.0 Å². The summed E-state index contributed by atoms with van der Waals surface area (Å²) in [5.41, 5.74) is 0. The minimum absolute atomic E-state index is 0.0454. The Hall–Kier alpha value is -1.40. The number of rotatable bonds is 6. The van der Waals surface area contributed by atoms with E-state index in [-0.39, 0.29) is 24.8 Å². The summed E-state index contributed by atoms with van der Waals surface area (Å²) >= 11 is 1.19. The van der Waals surface area contributed by atoms with E-state index in [1.54, 1.807) is 19.1 Å². The molecule has 1 aromatic rings. The molecule has 0 unspecified atom stereocenters. The maximum absolute atomic E-state index is 11.8. The lowest BCUT2D eigenvalue weighted by Gasteiger charge is -2.05. The summed E-state index contributed by atoms with van der Waals surface area (Å²) in [6.45, 7) is 1.83. The number of hydrogen-bond donors (Lipinski definition) is 3. The lowest BCUT2D eigenvalue weighted by molar-refractivity contribution is 0.0960. The number of aliphatic hydroxyl groups excluding tert-OH is 1. The molecule has 0 radical (unpaired) electrons. The van der Waals surface area contributed by atoms with Crippen LogP contribution in [0, 0.1) is 11.8 Å². The standard InChI is InChI=1S/C12H16N2O4S2/c1-2-14-20(17,18)9-7-13-12(16)11-6-5-10(19-11)4-3-8-15/h5-6,14-15H,2,7-9H2,1H3,(H,13,16). The van der Waals surface area contributed by atoms with E-state index in [0.29, 0.717) is 16.3 Å². The van der Waals surface area contributed by atoms with Crippen molar-refractivity contribution in [2.75, 3.05) is 25.4 Å². The molecule has 0 aliphatic heterocycles. The molecule has 1 aromatic heterocycles. The highest BCUT2D eigenvalue weighted by molar-refractivity contribution is 7.89. The van der Waals surface area contributed by atoms with E-state index >= 15 is 0 Å². The Balaban J connectivity index is 2.49. The summed E-state index contributed by atoms with van der Waals surface area (Å²) < 4.78 is 25.1. The molecule has 3 N–H and O–H groups in total. The average molecular weight is 316 g/mol. The molecule has 0 saturated carbocycles. The van der Waals surface area contributed by atoms with E-state index < -0.39 is 10.0 Å². The largest absolute Gasteiger partial charge is 0.384 e. The molecule has 6 nitrogen and oxygen atoms in total. The lowest BCUT2D eigenvalue weighted by atomic mass is 10.4. The van der Waals surface area contributed by atoms with Crippen molar-refractivity contribution in [3.63, 3.8) is 0 Å². The molecular formula is C12H16N2O4S2. The summed E-state index contributed by atoms with van der Waals surface area (Å²) in [5.74, 6) is 4.70. The Labute approximate surface area is 122 Å². The molecule has 8 heteroatoms. The number of carbonyl (C=O) groups excluding carboxylic acids is 1. The third-order valence-corrected chi connectivity index (χ3v) is 4.61. The van der Waals surface area contributed by atoms with Gasteiger partial charge in [0.25, 0.3) is 5.91 Å². The first-order chi connectivity index (χ1) is 9.48. The SMILES string of the molecule is CCNS(=O)(=O)CCNC(=O)c1ccc(C#CCO)s1. The molecule has 0 saturated heterocycles. The highest BCUT2D eigenvalue weighted by Crippen LogP contribution is 2.14. The van der Waals surface area contributed by atoms with Gasteiger partial charge in [0.1, 0.15) is 6.61 Å². The Kier molecular flexibility index (Phi) is 6.67. The van der Waals surface area contributed by atoms with Crippen molar-refractivity contribution in [2.45, 2.75) is 6.92 Å². The first kappa shape index (κ1) is 16.7. The maximum Gasteiger partial charge on any atom is 0.261 e. The quantitative estimate of drug-likeness (QED) is 0.631. The van der Waals surface area contributed by atoms with E-state index in [4.69, 9.17) is 5.11 Å². The maximum atomic E-state index is 11.8. The highest BCUT2D eigenvalue weighted by atomic mass is 32.2. The van der Waals surface area contributed by atoms with Crippen LogP contribution in [0.5, 0.6) is 0 Å². The second-order valence-electron chi connectivity index (χ2n) is 3.70. The minimum Gasteiger partial charge on any atom is -0.384 e. The second kappa shape index (κ2) is 8.01. The molecule has 0 spiro atoms. The van der Waals surface area contributed by atoms with E-state index in [1.807, 2.05) is 0 Å². The van der Waals surface area contributed by atoms with Crippen LogP contribution in [0.15, 0.2) is 12.1 Å². The van der Waals surface area contributed by atoms with Gasteiger partial charge in [0.15, 0.2) is 0 Å². The topological polar surface area (TPSA) is 95.5 Å². The summed E-state index contributed by atoms with van der Waals surface area (Å²) in [4.78, 5) is 12.9. The van der Waals surface area contributed by atoms with Crippen molar-refractivity contribution >= 4 is 27.3 Å². The van der Waals surface area contributed by atoms with Gasteiger partial charge in [-0.15, -0.1) is 11.3 Å². The van der Waals surface area contributed by atoms with Gasteiger partial charge >= 0.3 is 0 Å². The number of sulfonamides is 1. The first-order valence-corrected chi connectivity index (χ1v) is 8.40. The van der Waals surface area contributed by atoms with Gasteiger partial charge < -0.3 is 10.4 Å². The van der Waals surface area contributed by atoms with Crippen molar-refractivity contribution in [3.05, 3.63) is 21.9 Å². The molecular weight excluding hydrogens is 300 g/mol. The van der Waals surface area contributed by atoms with Gasteiger partial charge in [-0.25, -0.2) is 13.1 Å². The molecule has 1 amide bonds. The highest BCUT2D eigenvalue weighted by Gasteiger charge is 2.11.